The van der Waals surface area contributed by atoms with E-state index in [1.165, 1.54) is 36.3 Å². The van der Waals surface area contributed by atoms with E-state index in [2.05, 4.69) is 0 Å². The summed E-state index contributed by atoms with van der Waals surface area (Å²) in [5.41, 5.74) is 2.38. The summed E-state index contributed by atoms with van der Waals surface area (Å²) < 4.78 is 35.7. The lowest BCUT2D eigenvalue weighted by atomic mass is 10.2. The lowest BCUT2D eigenvalue weighted by Gasteiger charge is -2.15. The Kier molecular flexibility index (Phi) is 6.77. The second-order valence-corrected chi connectivity index (χ2v) is 8.37. The van der Waals surface area contributed by atoms with Crippen LogP contribution in [0.1, 0.15) is 11.1 Å². The predicted molar refractivity (Wildman–Crippen MR) is 121 cm³/mol. The van der Waals surface area contributed by atoms with Crippen molar-refractivity contribution in [2.45, 2.75) is 11.8 Å². The molecule has 0 bridgehead atoms. The van der Waals surface area contributed by atoms with Crippen LogP contribution in [-0.2, 0) is 14.9 Å². The minimum absolute atomic E-state index is 0.0543. The van der Waals surface area contributed by atoms with E-state index in [1.54, 1.807) is 37.4 Å². The van der Waals surface area contributed by atoms with Crippen molar-refractivity contribution in [3.63, 3.8) is 0 Å². The first-order valence-electron chi connectivity index (χ1n) is 9.50. The average molecular weight is 438 g/mol. The van der Waals surface area contributed by atoms with Crippen LogP contribution < -0.4 is 13.8 Å². The van der Waals surface area contributed by atoms with Gasteiger partial charge in [0.05, 0.1) is 7.11 Å². The van der Waals surface area contributed by atoms with Gasteiger partial charge in [0, 0.05) is 18.8 Å². The molecule has 0 unspecified atom stereocenters. The molecule has 0 aromatic heterocycles. The number of rotatable bonds is 7. The fourth-order valence-electron chi connectivity index (χ4n) is 2.79. The number of benzene rings is 3. The van der Waals surface area contributed by atoms with E-state index < -0.39 is 10.1 Å². The summed E-state index contributed by atoms with van der Waals surface area (Å²) in [6, 6.07) is 20.4. The third-order valence-corrected chi connectivity index (χ3v) is 5.84. The van der Waals surface area contributed by atoms with Crippen LogP contribution in [0.5, 0.6) is 11.5 Å². The van der Waals surface area contributed by atoms with Gasteiger partial charge in [-0.15, -0.1) is 0 Å². The molecule has 0 atom stereocenters. The summed E-state index contributed by atoms with van der Waals surface area (Å²) in [6.45, 7) is 1.87. The summed E-state index contributed by atoms with van der Waals surface area (Å²) in [6.07, 6.45) is 3.06. The van der Waals surface area contributed by atoms with Crippen LogP contribution in [0.25, 0.3) is 6.08 Å². The van der Waals surface area contributed by atoms with Crippen molar-refractivity contribution in [1.82, 2.24) is 0 Å². The molecule has 0 heterocycles. The molecular weight excluding hydrogens is 414 g/mol. The largest absolute Gasteiger partial charge is 0.493 e. The number of carbonyl (C=O) groups excluding carboxylic acids is 1. The Morgan fingerprint density at radius 1 is 0.935 bits per heavy atom. The van der Waals surface area contributed by atoms with E-state index in [0.29, 0.717) is 5.56 Å². The molecule has 0 saturated carbocycles. The zero-order chi connectivity index (χ0) is 22.4. The highest BCUT2D eigenvalue weighted by atomic mass is 32.2. The monoisotopic (exact) mass is 437 g/mol. The lowest BCUT2D eigenvalue weighted by molar-refractivity contribution is -0.113. The normalized spacial score (nSPS) is 11.3. The van der Waals surface area contributed by atoms with Crippen LogP contribution in [-0.4, -0.2) is 28.5 Å². The van der Waals surface area contributed by atoms with Gasteiger partial charge in [0.25, 0.3) is 5.91 Å². The minimum atomic E-state index is -4.00. The van der Waals surface area contributed by atoms with E-state index in [0.717, 1.165) is 11.3 Å². The molecule has 0 aliphatic carbocycles. The molecule has 0 spiro atoms. The second-order valence-electron chi connectivity index (χ2n) is 6.83. The van der Waals surface area contributed by atoms with Gasteiger partial charge >= 0.3 is 10.1 Å². The Morgan fingerprint density at radius 3 is 2.26 bits per heavy atom. The van der Waals surface area contributed by atoms with Crippen LogP contribution in [0.15, 0.2) is 83.8 Å². The first-order chi connectivity index (χ1) is 14.8. The van der Waals surface area contributed by atoms with Gasteiger partial charge in [-0.3, -0.25) is 4.79 Å². The van der Waals surface area contributed by atoms with Gasteiger partial charge in [-0.25, -0.2) is 0 Å². The van der Waals surface area contributed by atoms with Gasteiger partial charge in [0.2, 0.25) is 0 Å². The van der Waals surface area contributed by atoms with Gasteiger partial charge < -0.3 is 13.8 Å². The molecule has 0 saturated heterocycles. The zero-order valence-corrected chi connectivity index (χ0v) is 18.3. The fraction of sp³-hybridized carbons (Fsp3) is 0.125. The third kappa shape index (κ3) is 5.52. The maximum absolute atomic E-state index is 12.5. The number of likely N-dealkylation sites (N-methyl/N-ethyl adjacent to an activating group) is 1. The highest BCUT2D eigenvalue weighted by Gasteiger charge is 2.19. The number of methoxy groups -OCH3 is 1. The number of nitrogens with zero attached hydrogens (tertiary/aromatic N) is 1. The quantitative estimate of drug-likeness (QED) is 0.403. The second kappa shape index (κ2) is 9.49. The average Bonchev–Trinajstić information content (AvgIpc) is 2.78. The van der Waals surface area contributed by atoms with Crippen molar-refractivity contribution >= 4 is 27.8 Å². The number of anilines is 1. The predicted octanol–water partition coefficient (Wildman–Crippen LogP) is 4.45. The van der Waals surface area contributed by atoms with E-state index in [9.17, 15) is 13.2 Å². The van der Waals surface area contributed by atoms with Crippen LogP contribution in [0.4, 0.5) is 5.69 Å². The van der Waals surface area contributed by atoms with Crippen molar-refractivity contribution < 1.29 is 22.1 Å². The lowest BCUT2D eigenvalue weighted by Crippen LogP contribution is -2.23. The molecule has 7 heteroatoms. The number of ether oxygens (including phenoxy) is 1. The smallest absolute Gasteiger partial charge is 0.339 e. The van der Waals surface area contributed by atoms with Gasteiger partial charge in [-0.05, 0) is 55.0 Å². The van der Waals surface area contributed by atoms with Crippen molar-refractivity contribution in [1.29, 1.82) is 0 Å². The number of carbonyl (C=O) groups is 1. The topological polar surface area (TPSA) is 72.9 Å². The standard InChI is InChI=1S/C24H23NO5S/c1-18-9-13-21(14-10-18)31(27,28)30-22-15-11-19(17-23(22)29-3)12-16-24(26)25(2)20-7-5-4-6-8-20/h4-17H,1-3H3/b16-12+. The Morgan fingerprint density at radius 2 is 1.61 bits per heavy atom. The first kappa shape index (κ1) is 22.1. The van der Waals surface area contributed by atoms with Crippen LogP contribution in [0.2, 0.25) is 0 Å². The van der Waals surface area contributed by atoms with E-state index in [-0.39, 0.29) is 22.3 Å². The van der Waals surface area contributed by atoms with Crippen molar-refractivity contribution in [2.24, 2.45) is 0 Å². The molecule has 3 aromatic rings. The Hall–Kier alpha value is -3.58. The van der Waals surface area contributed by atoms with Crippen molar-refractivity contribution in [3.8, 4) is 11.5 Å². The Bertz CT molecular complexity index is 1190. The molecule has 3 rings (SSSR count). The molecular formula is C24H23NO5S. The molecule has 0 aliphatic heterocycles. The molecule has 31 heavy (non-hydrogen) atoms. The molecule has 160 valence electrons. The zero-order valence-electron chi connectivity index (χ0n) is 17.5. The maximum atomic E-state index is 12.5. The molecule has 0 N–H and O–H groups in total. The fourth-order valence-corrected chi connectivity index (χ4v) is 3.73. The van der Waals surface area contributed by atoms with Crippen molar-refractivity contribution in [3.05, 3.63) is 90.0 Å². The summed E-state index contributed by atoms with van der Waals surface area (Å²) in [7, 11) is -0.893. The third-order valence-electron chi connectivity index (χ3n) is 4.59. The van der Waals surface area contributed by atoms with Crippen molar-refractivity contribution in [2.75, 3.05) is 19.1 Å². The Balaban J connectivity index is 1.77. The molecule has 6 nitrogen and oxygen atoms in total. The van der Waals surface area contributed by atoms with Crippen LogP contribution in [0.3, 0.4) is 0 Å². The molecule has 1 amide bonds. The van der Waals surface area contributed by atoms with E-state index in [1.807, 2.05) is 37.3 Å². The molecule has 3 aromatic carbocycles. The van der Waals surface area contributed by atoms with Crippen LogP contribution in [0, 0.1) is 6.92 Å². The highest BCUT2D eigenvalue weighted by molar-refractivity contribution is 7.87. The van der Waals surface area contributed by atoms with Gasteiger partial charge in [0.1, 0.15) is 4.90 Å². The number of para-hydroxylation sites is 1. The molecule has 0 radical (unpaired) electrons. The van der Waals surface area contributed by atoms with E-state index in [4.69, 9.17) is 8.92 Å². The summed E-state index contributed by atoms with van der Waals surface area (Å²) in [4.78, 5) is 14.0. The summed E-state index contributed by atoms with van der Waals surface area (Å²) in [5.74, 6) is 0.0992. The van der Waals surface area contributed by atoms with Gasteiger partial charge in [0.15, 0.2) is 11.5 Å². The highest BCUT2D eigenvalue weighted by Crippen LogP contribution is 2.31. The number of hydrogen-bond donors (Lipinski definition) is 0. The maximum Gasteiger partial charge on any atom is 0.339 e. The first-order valence-corrected chi connectivity index (χ1v) is 10.9. The number of hydrogen-bond acceptors (Lipinski definition) is 5. The minimum Gasteiger partial charge on any atom is -0.493 e. The molecule has 0 fully saturated rings. The number of aryl methyl sites for hydroxylation is 1. The number of amides is 1. The molecule has 0 aliphatic rings. The van der Waals surface area contributed by atoms with E-state index >= 15 is 0 Å². The summed E-state index contributed by atoms with van der Waals surface area (Å²) in [5, 5.41) is 0. The van der Waals surface area contributed by atoms with Crippen LogP contribution >= 0.6 is 0 Å². The summed E-state index contributed by atoms with van der Waals surface area (Å²) >= 11 is 0. The Labute approximate surface area is 182 Å². The SMILES string of the molecule is COc1cc(/C=C/C(=O)N(C)c2ccccc2)ccc1OS(=O)(=O)c1ccc(C)cc1. The van der Waals surface area contributed by atoms with Gasteiger partial charge in [-0.1, -0.05) is 42.0 Å². The van der Waals surface area contributed by atoms with Gasteiger partial charge in [-0.2, -0.15) is 8.42 Å².